The second-order valence-electron chi connectivity index (χ2n) is 5.85. The van der Waals surface area contributed by atoms with Crippen LogP contribution < -0.4 is 4.74 Å². The number of carboxylic acids is 1. The SMILES string of the molecule is COc1cccc(C(C)N2CCC(C)(C(=O)O)CC2)c1. The van der Waals surface area contributed by atoms with Gasteiger partial charge < -0.3 is 9.84 Å². The first kappa shape index (κ1) is 14.9. The van der Waals surface area contributed by atoms with Crippen molar-refractivity contribution < 1.29 is 14.6 Å². The average Bonchev–Trinajstić information content (AvgIpc) is 2.47. The molecule has 1 aliphatic heterocycles. The highest BCUT2D eigenvalue weighted by molar-refractivity contribution is 5.74. The number of carboxylic acid groups (broad SMARTS) is 1. The number of benzene rings is 1. The highest BCUT2D eigenvalue weighted by Crippen LogP contribution is 2.35. The molecule has 110 valence electrons. The lowest BCUT2D eigenvalue weighted by atomic mass is 9.80. The first-order valence-corrected chi connectivity index (χ1v) is 7.08. The summed E-state index contributed by atoms with van der Waals surface area (Å²) in [6.07, 6.45) is 1.41. The number of nitrogens with zero attached hydrogens (tertiary/aromatic N) is 1. The largest absolute Gasteiger partial charge is 0.497 e. The molecule has 1 fully saturated rings. The molecule has 1 aromatic carbocycles. The number of hydrogen-bond acceptors (Lipinski definition) is 3. The van der Waals surface area contributed by atoms with Gasteiger partial charge in [-0.3, -0.25) is 9.69 Å². The van der Waals surface area contributed by atoms with E-state index in [1.165, 1.54) is 5.56 Å². The number of carbonyl (C=O) groups is 1. The molecule has 20 heavy (non-hydrogen) atoms. The Balaban J connectivity index is 2.04. The minimum absolute atomic E-state index is 0.281. The van der Waals surface area contributed by atoms with Gasteiger partial charge >= 0.3 is 5.97 Å². The summed E-state index contributed by atoms with van der Waals surface area (Å²) in [5, 5.41) is 9.27. The summed E-state index contributed by atoms with van der Waals surface area (Å²) in [6.45, 7) is 5.66. The molecule has 1 unspecified atom stereocenters. The van der Waals surface area contributed by atoms with Gasteiger partial charge in [-0.05, 0) is 57.5 Å². The molecule has 1 atom stereocenters. The minimum atomic E-state index is -0.675. The number of likely N-dealkylation sites (tertiary alicyclic amines) is 1. The van der Waals surface area contributed by atoms with Gasteiger partial charge in [-0.25, -0.2) is 0 Å². The summed E-state index contributed by atoms with van der Waals surface area (Å²) in [5.74, 6) is 0.188. The fourth-order valence-electron chi connectivity index (χ4n) is 2.73. The van der Waals surface area contributed by atoms with Crippen molar-refractivity contribution in [2.24, 2.45) is 5.41 Å². The smallest absolute Gasteiger partial charge is 0.309 e. The van der Waals surface area contributed by atoms with Crippen LogP contribution in [0.4, 0.5) is 0 Å². The molecule has 0 aliphatic carbocycles. The van der Waals surface area contributed by atoms with Crippen LogP contribution in [-0.2, 0) is 4.79 Å². The Morgan fingerprint density at radius 1 is 1.40 bits per heavy atom. The summed E-state index contributed by atoms with van der Waals surface area (Å²) < 4.78 is 5.26. The van der Waals surface area contributed by atoms with Crippen LogP contribution in [-0.4, -0.2) is 36.2 Å². The Morgan fingerprint density at radius 3 is 2.60 bits per heavy atom. The van der Waals surface area contributed by atoms with Crippen LogP contribution in [0.3, 0.4) is 0 Å². The van der Waals surface area contributed by atoms with E-state index in [1.54, 1.807) is 7.11 Å². The van der Waals surface area contributed by atoms with E-state index in [9.17, 15) is 9.90 Å². The number of ether oxygens (including phenoxy) is 1. The molecule has 0 amide bonds. The molecule has 1 N–H and O–H groups in total. The number of hydrogen-bond donors (Lipinski definition) is 1. The van der Waals surface area contributed by atoms with Crippen LogP contribution in [0, 0.1) is 5.41 Å². The lowest BCUT2D eigenvalue weighted by Gasteiger charge is -2.39. The number of aliphatic carboxylic acids is 1. The summed E-state index contributed by atoms with van der Waals surface area (Å²) in [6, 6.07) is 8.36. The summed E-state index contributed by atoms with van der Waals surface area (Å²) in [4.78, 5) is 13.6. The second kappa shape index (κ2) is 5.83. The van der Waals surface area contributed by atoms with Crippen molar-refractivity contribution in [3.05, 3.63) is 29.8 Å². The van der Waals surface area contributed by atoms with E-state index in [0.29, 0.717) is 12.8 Å². The molecular formula is C16H23NO3. The van der Waals surface area contributed by atoms with Gasteiger partial charge in [0.25, 0.3) is 0 Å². The molecule has 0 aromatic heterocycles. The van der Waals surface area contributed by atoms with Gasteiger partial charge in [0.15, 0.2) is 0 Å². The Morgan fingerprint density at radius 2 is 2.05 bits per heavy atom. The van der Waals surface area contributed by atoms with Gasteiger partial charge in [0.1, 0.15) is 5.75 Å². The van der Waals surface area contributed by atoms with Crippen LogP contribution in [0.1, 0.15) is 38.3 Å². The highest BCUT2D eigenvalue weighted by atomic mass is 16.5. The molecule has 0 spiro atoms. The van der Waals surface area contributed by atoms with Crippen molar-refractivity contribution in [2.75, 3.05) is 20.2 Å². The maximum Gasteiger partial charge on any atom is 0.309 e. The van der Waals surface area contributed by atoms with E-state index in [0.717, 1.165) is 18.8 Å². The fourth-order valence-corrected chi connectivity index (χ4v) is 2.73. The molecule has 0 radical (unpaired) electrons. The van der Waals surface area contributed by atoms with Crippen LogP contribution in [0.2, 0.25) is 0 Å². The molecule has 0 saturated carbocycles. The van der Waals surface area contributed by atoms with Gasteiger partial charge in [0, 0.05) is 6.04 Å². The zero-order chi connectivity index (χ0) is 14.8. The Kier molecular flexibility index (Phi) is 4.33. The maximum absolute atomic E-state index is 11.3. The second-order valence-corrected chi connectivity index (χ2v) is 5.85. The number of rotatable bonds is 4. The first-order valence-electron chi connectivity index (χ1n) is 7.08. The van der Waals surface area contributed by atoms with Crippen molar-refractivity contribution in [1.82, 2.24) is 4.90 Å². The monoisotopic (exact) mass is 277 g/mol. The molecule has 1 saturated heterocycles. The van der Waals surface area contributed by atoms with Crippen LogP contribution in [0.5, 0.6) is 5.75 Å². The van der Waals surface area contributed by atoms with Crippen molar-refractivity contribution in [1.29, 1.82) is 0 Å². The quantitative estimate of drug-likeness (QED) is 0.919. The molecule has 4 heteroatoms. The third-order valence-corrected chi connectivity index (χ3v) is 4.54. The van der Waals surface area contributed by atoms with E-state index in [1.807, 2.05) is 19.1 Å². The topological polar surface area (TPSA) is 49.8 Å². The van der Waals surface area contributed by atoms with E-state index in [-0.39, 0.29) is 6.04 Å². The predicted molar refractivity (Wildman–Crippen MR) is 78.0 cm³/mol. The summed E-state index contributed by atoms with van der Waals surface area (Å²) >= 11 is 0. The van der Waals surface area contributed by atoms with Crippen LogP contribution in [0.15, 0.2) is 24.3 Å². The molecular weight excluding hydrogens is 254 g/mol. The van der Waals surface area contributed by atoms with E-state index in [2.05, 4.69) is 24.0 Å². The Hall–Kier alpha value is -1.55. The molecule has 0 bridgehead atoms. The van der Waals surface area contributed by atoms with Gasteiger partial charge in [0.2, 0.25) is 0 Å². The Bertz CT molecular complexity index is 478. The summed E-state index contributed by atoms with van der Waals surface area (Å²) in [5.41, 5.74) is 0.646. The molecule has 2 rings (SSSR count). The third kappa shape index (κ3) is 2.96. The summed E-state index contributed by atoms with van der Waals surface area (Å²) in [7, 11) is 1.67. The average molecular weight is 277 g/mol. The first-order chi connectivity index (χ1) is 9.46. The van der Waals surface area contributed by atoms with Gasteiger partial charge in [0.05, 0.1) is 12.5 Å². The zero-order valence-electron chi connectivity index (χ0n) is 12.4. The van der Waals surface area contributed by atoms with Crippen LogP contribution >= 0.6 is 0 Å². The fraction of sp³-hybridized carbons (Fsp3) is 0.562. The Labute approximate surface area is 120 Å². The highest BCUT2D eigenvalue weighted by Gasteiger charge is 2.37. The van der Waals surface area contributed by atoms with E-state index in [4.69, 9.17) is 4.74 Å². The molecule has 1 aromatic rings. The van der Waals surface area contributed by atoms with Crippen LogP contribution in [0.25, 0.3) is 0 Å². The normalized spacial score (nSPS) is 20.4. The number of piperidine rings is 1. The molecule has 1 aliphatic rings. The van der Waals surface area contributed by atoms with Crippen molar-refractivity contribution in [2.45, 2.75) is 32.7 Å². The number of methoxy groups -OCH3 is 1. The molecule has 1 heterocycles. The van der Waals surface area contributed by atoms with E-state index >= 15 is 0 Å². The lowest BCUT2D eigenvalue weighted by molar-refractivity contribution is -0.151. The minimum Gasteiger partial charge on any atom is -0.497 e. The third-order valence-electron chi connectivity index (χ3n) is 4.54. The lowest BCUT2D eigenvalue weighted by Crippen LogP contribution is -2.43. The van der Waals surface area contributed by atoms with Crippen molar-refractivity contribution >= 4 is 5.97 Å². The van der Waals surface area contributed by atoms with Crippen molar-refractivity contribution in [3.8, 4) is 5.75 Å². The van der Waals surface area contributed by atoms with Gasteiger partial charge in [-0.1, -0.05) is 12.1 Å². The van der Waals surface area contributed by atoms with E-state index < -0.39 is 11.4 Å². The maximum atomic E-state index is 11.3. The molecule has 4 nitrogen and oxygen atoms in total. The van der Waals surface area contributed by atoms with Gasteiger partial charge in [-0.15, -0.1) is 0 Å². The standard InChI is InChI=1S/C16H23NO3/c1-12(13-5-4-6-14(11-13)20-3)17-9-7-16(2,8-10-17)15(18)19/h4-6,11-12H,7-10H2,1-3H3,(H,18,19). The van der Waals surface area contributed by atoms with Gasteiger partial charge in [-0.2, -0.15) is 0 Å². The predicted octanol–water partition coefficient (Wildman–Crippen LogP) is 2.94. The zero-order valence-corrected chi connectivity index (χ0v) is 12.4. The van der Waals surface area contributed by atoms with Crippen molar-refractivity contribution in [3.63, 3.8) is 0 Å².